The van der Waals surface area contributed by atoms with Crippen LogP contribution in [-0.4, -0.2) is 33.2 Å². The monoisotopic (exact) mass is 419 g/mol. The van der Waals surface area contributed by atoms with Crippen molar-refractivity contribution in [3.05, 3.63) is 35.6 Å². The van der Waals surface area contributed by atoms with Crippen molar-refractivity contribution in [2.45, 2.75) is 109 Å². The number of piperidine rings is 1. The van der Waals surface area contributed by atoms with E-state index in [1.165, 1.54) is 38.5 Å². The minimum Gasteiger partial charge on any atom is -0.360 e. The molecule has 162 valence electrons. The normalized spacial score (nSPS) is 22.7. The topological polar surface area (TPSA) is 27.3 Å². The van der Waals surface area contributed by atoms with Crippen LogP contribution in [-0.2, 0) is 6.54 Å². The van der Waals surface area contributed by atoms with Gasteiger partial charge in [-0.25, -0.2) is 4.39 Å². The number of rotatable bonds is 4. The number of nitrogens with zero attached hydrogens (tertiary/aromatic N) is 1. The third-order valence-corrected chi connectivity index (χ3v) is 6.70. The minimum atomic E-state index is -0.151. The number of nitrogens with one attached hydrogen (secondary N) is 2. The maximum atomic E-state index is 14.5. The van der Waals surface area contributed by atoms with E-state index < -0.39 is 0 Å². The zero-order chi connectivity index (χ0) is 21.1. The summed E-state index contributed by atoms with van der Waals surface area (Å²) in [5.74, 6) is -0.151. The second-order valence-corrected chi connectivity index (χ2v) is 10.7. The first-order chi connectivity index (χ1) is 13.7. The van der Waals surface area contributed by atoms with Crippen molar-refractivity contribution >= 4 is 17.3 Å². The van der Waals surface area contributed by atoms with Gasteiger partial charge in [-0.1, -0.05) is 43.9 Å². The molecule has 3 rings (SSSR count). The summed E-state index contributed by atoms with van der Waals surface area (Å²) in [5.41, 5.74) is 0.738. The van der Waals surface area contributed by atoms with Crippen LogP contribution in [0.3, 0.4) is 0 Å². The van der Waals surface area contributed by atoms with E-state index in [-0.39, 0.29) is 22.9 Å². The van der Waals surface area contributed by atoms with Crippen LogP contribution < -0.4 is 10.6 Å². The second-order valence-electron chi connectivity index (χ2n) is 10.3. The van der Waals surface area contributed by atoms with E-state index in [2.05, 4.69) is 43.2 Å². The van der Waals surface area contributed by atoms with E-state index in [4.69, 9.17) is 12.2 Å². The quantitative estimate of drug-likeness (QED) is 0.495. The molecule has 0 spiro atoms. The molecular weight excluding hydrogens is 381 g/mol. The Morgan fingerprint density at radius 3 is 2.24 bits per heavy atom. The van der Waals surface area contributed by atoms with Crippen LogP contribution >= 0.6 is 12.2 Å². The van der Waals surface area contributed by atoms with Crippen LogP contribution in [0.5, 0.6) is 0 Å². The maximum Gasteiger partial charge on any atom is 0.169 e. The molecule has 2 aliphatic rings. The predicted molar refractivity (Wildman–Crippen MR) is 123 cm³/mol. The Balaban J connectivity index is 1.82. The predicted octanol–water partition coefficient (Wildman–Crippen LogP) is 5.53. The molecule has 1 aliphatic carbocycles. The van der Waals surface area contributed by atoms with E-state index in [0.717, 1.165) is 18.0 Å². The van der Waals surface area contributed by atoms with Crippen molar-refractivity contribution in [3.63, 3.8) is 0 Å². The standard InChI is InChI=1S/C24H38FN3S/c1-23(2)15-20(16-24(3,4)27-23)28(17-18-11-9-10-14-21(18)25)22(29)26-19-12-7-5-6-8-13-19/h9-11,14,19-20,27H,5-8,12-13,15-17H2,1-4H3,(H,26,29). The van der Waals surface area contributed by atoms with E-state index in [1.807, 2.05) is 12.1 Å². The van der Waals surface area contributed by atoms with Crippen LogP contribution in [0.2, 0.25) is 0 Å². The molecule has 29 heavy (non-hydrogen) atoms. The van der Waals surface area contributed by atoms with Gasteiger partial charge in [0.15, 0.2) is 5.11 Å². The Kier molecular flexibility index (Phi) is 7.21. The fraction of sp³-hybridized carbons (Fsp3) is 0.708. The zero-order valence-electron chi connectivity index (χ0n) is 18.6. The fourth-order valence-electron chi connectivity index (χ4n) is 5.35. The molecule has 1 heterocycles. The Morgan fingerprint density at radius 1 is 1.07 bits per heavy atom. The first-order valence-corrected chi connectivity index (χ1v) is 11.7. The van der Waals surface area contributed by atoms with Crippen LogP contribution in [0.1, 0.15) is 84.6 Å². The lowest BCUT2D eigenvalue weighted by Gasteiger charge is -2.50. The van der Waals surface area contributed by atoms with Gasteiger partial charge in [-0.2, -0.15) is 0 Å². The van der Waals surface area contributed by atoms with Gasteiger partial charge in [-0.15, -0.1) is 0 Å². The van der Waals surface area contributed by atoms with Gasteiger partial charge in [0.2, 0.25) is 0 Å². The van der Waals surface area contributed by atoms with Crippen molar-refractivity contribution in [2.75, 3.05) is 0 Å². The lowest BCUT2D eigenvalue weighted by atomic mass is 9.79. The average molecular weight is 420 g/mol. The highest BCUT2D eigenvalue weighted by Gasteiger charge is 2.41. The maximum absolute atomic E-state index is 14.5. The highest BCUT2D eigenvalue weighted by Crippen LogP contribution is 2.33. The Bertz CT molecular complexity index is 679. The number of halogens is 1. The summed E-state index contributed by atoms with van der Waals surface area (Å²) in [5, 5.41) is 8.21. The van der Waals surface area contributed by atoms with E-state index >= 15 is 0 Å². The Labute approximate surface area is 181 Å². The van der Waals surface area contributed by atoms with Gasteiger partial charge in [-0.3, -0.25) is 0 Å². The van der Waals surface area contributed by atoms with Crippen LogP contribution in [0.4, 0.5) is 4.39 Å². The molecule has 1 aromatic rings. The fourth-order valence-corrected chi connectivity index (χ4v) is 5.73. The summed E-state index contributed by atoms with van der Waals surface area (Å²) in [6.45, 7) is 9.53. The third kappa shape index (κ3) is 6.39. The average Bonchev–Trinajstić information content (AvgIpc) is 2.87. The molecule has 0 unspecified atom stereocenters. The molecule has 2 N–H and O–H groups in total. The first-order valence-electron chi connectivity index (χ1n) is 11.3. The molecule has 5 heteroatoms. The van der Waals surface area contributed by atoms with Gasteiger partial charge >= 0.3 is 0 Å². The van der Waals surface area contributed by atoms with E-state index in [1.54, 1.807) is 12.1 Å². The van der Waals surface area contributed by atoms with Crippen LogP contribution in [0.15, 0.2) is 24.3 Å². The van der Waals surface area contributed by atoms with Crippen molar-refractivity contribution in [2.24, 2.45) is 0 Å². The molecule has 0 atom stereocenters. The van der Waals surface area contributed by atoms with Gasteiger partial charge in [0.25, 0.3) is 0 Å². The molecule has 3 nitrogen and oxygen atoms in total. The Hall–Kier alpha value is -1.20. The summed E-state index contributed by atoms with van der Waals surface area (Å²) in [6.07, 6.45) is 9.49. The van der Waals surface area contributed by atoms with Gasteiger partial charge in [-0.05, 0) is 71.7 Å². The van der Waals surface area contributed by atoms with Crippen molar-refractivity contribution in [1.82, 2.24) is 15.5 Å². The highest BCUT2D eigenvalue weighted by atomic mass is 32.1. The Morgan fingerprint density at radius 2 is 1.66 bits per heavy atom. The molecule has 1 saturated heterocycles. The van der Waals surface area contributed by atoms with Crippen molar-refractivity contribution < 1.29 is 4.39 Å². The second kappa shape index (κ2) is 9.30. The molecule has 1 aromatic carbocycles. The van der Waals surface area contributed by atoms with Gasteiger partial charge in [0, 0.05) is 35.3 Å². The van der Waals surface area contributed by atoms with Gasteiger partial charge in [0.1, 0.15) is 5.82 Å². The summed E-state index contributed by atoms with van der Waals surface area (Å²) in [7, 11) is 0. The molecule has 0 amide bonds. The van der Waals surface area contributed by atoms with Crippen molar-refractivity contribution in [3.8, 4) is 0 Å². The number of hydrogen-bond donors (Lipinski definition) is 2. The van der Waals surface area contributed by atoms with Crippen molar-refractivity contribution in [1.29, 1.82) is 0 Å². The number of benzene rings is 1. The lowest BCUT2D eigenvalue weighted by molar-refractivity contribution is 0.0986. The molecule has 0 radical (unpaired) electrons. The molecule has 1 aliphatic heterocycles. The zero-order valence-corrected chi connectivity index (χ0v) is 19.4. The first kappa shape index (κ1) is 22.5. The highest BCUT2D eigenvalue weighted by molar-refractivity contribution is 7.80. The molecule has 0 bridgehead atoms. The van der Waals surface area contributed by atoms with Crippen LogP contribution in [0, 0.1) is 5.82 Å². The molecule has 1 saturated carbocycles. The van der Waals surface area contributed by atoms with Gasteiger partial charge < -0.3 is 15.5 Å². The molecule has 2 fully saturated rings. The smallest absolute Gasteiger partial charge is 0.169 e. The van der Waals surface area contributed by atoms with Crippen LogP contribution in [0.25, 0.3) is 0 Å². The molecular formula is C24H38FN3S. The third-order valence-electron chi connectivity index (χ3n) is 6.35. The van der Waals surface area contributed by atoms with Gasteiger partial charge in [0.05, 0.1) is 0 Å². The van der Waals surface area contributed by atoms with E-state index in [9.17, 15) is 4.39 Å². The van der Waals surface area contributed by atoms with E-state index in [0.29, 0.717) is 18.2 Å². The summed E-state index contributed by atoms with van der Waals surface area (Å²) in [6, 6.07) is 7.80. The summed E-state index contributed by atoms with van der Waals surface area (Å²) < 4.78 is 14.5. The molecule has 0 aromatic heterocycles. The number of hydrogen-bond acceptors (Lipinski definition) is 2. The summed E-state index contributed by atoms with van der Waals surface area (Å²) >= 11 is 5.95. The SMILES string of the molecule is CC1(C)CC(N(Cc2ccccc2F)C(=S)NC2CCCCCC2)CC(C)(C)N1. The number of thiocarbonyl (C=S) groups is 1. The summed E-state index contributed by atoms with van der Waals surface area (Å²) in [4.78, 5) is 2.27. The lowest BCUT2D eigenvalue weighted by Crippen LogP contribution is -2.63. The largest absolute Gasteiger partial charge is 0.360 e. The minimum absolute atomic E-state index is 0.0117.